The van der Waals surface area contributed by atoms with Gasteiger partial charge < -0.3 is 14.8 Å². The summed E-state index contributed by atoms with van der Waals surface area (Å²) in [4.78, 5) is 16.7. The number of nitrogens with zero attached hydrogens (tertiary/aromatic N) is 1. The minimum atomic E-state index is -0.242. The number of ether oxygens (including phenoxy) is 2. The van der Waals surface area contributed by atoms with E-state index in [1.807, 2.05) is 33.8 Å². The van der Waals surface area contributed by atoms with Crippen LogP contribution in [0.15, 0.2) is 24.3 Å². The number of aryl methyl sites for hydroxylation is 3. The first kappa shape index (κ1) is 20.8. The van der Waals surface area contributed by atoms with Crippen LogP contribution in [0.25, 0.3) is 6.08 Å². The molecule has 6 heteroatoms. The van der Waals surface area contributed by atoms with Gasteiger partial charge in [0, 0.05) is 11.8 Å². The second kappa shape index (κ2) is 9.42. The maximum Gasteiger partial charge on any atom is 0.248 e. The fourth-order valence-corrected chi connectivity index (χ4v) is 3.00. The fourth-order valence-electron chi connectivity index (χ4n) is 2.73. The first-order valence-corrected chi connectivity index (χ1v) is 9.17. The normalized spacial score (nSPS) is 10.9. The third kappa shape index (κ3) is 5.47. The topological polar surface area (TPSA) is 60.5 Å². The molecule has 5 nitrogen and oxygen atoms in total. The van der Waals surface area contributed by atoms with Crippen LogP contribution in [0.1, 0.15) is 35.9 Å². The molecule has 0 bridgehead atoms. The molecular weight excluding hydrogens is 364 g/mol. The standard InChI is InChI=1S/C21H25ClN2O3/c1-6-9-27-21-17(22)11-16(12-18(21)26-5)7-8-19(25)24-20-13(2)10-14(3)23-15(20)4/h7-8,10-12H,6,9H2,1-5H3,(H,24,25)/b8-7+. The predicted octanol–water partition coefficient (Wildman–Crippen LogP) is 5.11. The molecule has 0 radical (unpaired) electrons. The molecule has 0 saturated heterocycles. The smallest absolute Gasteiger partial charge is 0.248 e. The monoisotopic (exact) mass is 388 g/mol. The van der Waals surface area contributed by atoms with Crippen molar-refractivity contribution in [2.75, 3.05) is 19.0 Å². The third-order valence-electron chi connectivity index (χ3n) is 3.90. The zero-order valence-electron chi connectivity index (χ0n) is 16.4. The fraction of sp³-hybridized carbons (Fsp3) is 0.333. The lowest BCUT2D eigenvalue weighted by Crippen LogP contribution is -2.11. The summed E-state index contributed by atoms with van der Waals surface area (Å²) in [7, 11) is 1.56. The van der Waals surface area contributed by atoms with E-state index in [1.165, 1.54) is 6.08 Å². The maximum absolute atomic E-state index is 12.3. The quantitative estimate of drug-likeness (QED) is 0.669. The highest BCUT2D eigenvalue weighted by atomic mass is 35.5. The summed E-state index contributed by atoms with van der Waals surface area (Å²) in [5.41, 5.74) is 4.16. The number of carbonyl (C=O) groups excluding carboxylic acids is 1. The lowest BCUT2D eigenvalue weighted by Gasteiger charge is -2.13. The van der Waals surface area contributed by atoms with Crippen LogP contribution in [0.4, 0.5) is 5.69 Å². The van der Waals surface area contributed by atoms with Crippen LogP contribution >= 0.6 is 11.6 Å². The van der Waals surface area contributed by atoms with Crippen LogP contribution in [0.2, 0.25) is 5.02 Å². The van der Waals surface area contributed by atoms with Gasteiger partial charge in [-0.2, -0.15) is 0 Å². The van der Waals surface area contributed by atoms with E-state index in [0.717, 1.165) is 34.6 Å². The van der Waals surface area contributed by atoms with Gasteiger partial charge in [0.15, 0.2) is 11.5 Å². The summed E-state index contributed by atoms with van der Waals surface area (Å²) in [6.07, 6.45) is 4.00. The Morgan fingerprint density at radius 2 is 2.00 bits per heavy atom. The first-order chi connectivity index (χ1) is 12.8. The molecule has 1 heterocycles. The number of nitrogens with one attached hydrogen (secondary N) is 1. The van der Waals surface area contributed by atoms with Gasteiger partial charge >= 0.3 is 0 Å². The summed E-state index contributed by atoms with van der Waals surface area (Å²) in [6, 6.07) is 5.46. The molecule has 2 aromatic rings. The molecule has 0 atom stereocenters. The van der Waals surface area contributed by atoms with Crippen molar-refractivity contribution in [2.45, 2.75) is 34.1 Å². The van der Waals surface area contributed by atoms with Gasteiger partial charge in [-0.15, -0.1) is 0 Å². The van der Waals surface area contributed by atoms with Crippen molar-refractivity contribution in [3.05, 3.63) is 51.8 Å². The number of carbonyl (C=O) groups is 1. The lowest BCUT2D eigenvalue weighted by atomic mass is 10.1. The van der Waals surface area contributed by atoms with Gasteiger partial charge in [0.1, 0.15) is 0 Å². The molecule has 0 spiro atoms. The van der Waals surface area contributed by atoms with E-state index in [4.69, 9.17) is 21.1 Å². The molecule has 1 aromatic heterocycles. The summed E-state index contributed by atoms with van der Waals surface area (Å²) < 4.78 is 11.0. The number of amides is 1. The number of anilines is 1. The highest BCUT2D eigenvalue weighted by Gasteiger charge is 2.12. The van der Waals surface area contributed by atoms with Gasteiger partial charge in [-0.05, 0) is 62.6 Å². The number of halogens is 1. The largest absolute Gasteiger partial charge is 0.493 e. The highest BCUT2D eigenvalue weighted by molar-refractivity contribution is 6.32. The number of benzene rings is 1. The van der Waals surface area contributed by atoms with Crippen LogP contribution in [0.3, 0.4) is 0 Å². The molecule has 0 aliphatic rings. The van der Waals surface area contributed by atoms with Crippen molar-refractivity contribution in [2.24, 2.45) is 0 Å². The highest BCUT2D eigenvalue weighted by Crippen LogP contribution is 2.36. The summed E-state index contributed by atoms with van der Waals surface area (Å²) in [5, 5.41) is 3.32. The predicted molar refractivity (Wildman–Crippen MR) is 110 cm³/mol. The van der Waals surface area contributed by atoms with E-state index in [1.54, 1.807) is 25.3 Å². The number of pyridine rings is 1. The van der Waals surface area contributed by atoms with E-state index in [0.29, 0.717) is 23.1 Å². The number of aromatic nitrogens is 1. The first-order valence-electron chi connectivity index (χ1n) is 8.80. The van der Waals surface area contributed by atoms with Gasteiger partial charge in [0.25, 0.3) is 0 Å². The van der Waals surface area contributed by atoms with Crippen LogP contribution in [0.5, 0.6) is 11.5 Å². The van der Waals surface area contributed by atoms with Crippen LogP contribution < -0.4 is 14.8 Å². The van der Waals surface area contributed by atoms with Crippen LogP contribution in [-0.2, 0) is 4.79 Å². The van der Waals surface area contributed by atoms with Crippen LogP contribution in [0, 0.1) is 20.8 Å². The Morgan fingerprint density at radius 3 is 2.63 bits per heavy atom. The summed E-state index contributed by atoms with van der Waals surface area (Å²) in [5.74, 6) is 0.804. The van der Waals surface area contributed by atoms with Crippen LogP contribution in [-0.4, -0.2) is 24.6 Å². The lowest BCUT2D eigenvalue weighted by molar-refractivity contribution is -0.111. The third-order valence-corrected chi connectivity index (χ3v) is 4.18. The van der Waals surface area contributed by atoms with E-state index in [2.05, 4.69) is 10.3 Å². The molecule has 0 aliphatic heterocycles. The zero-order chi connectivity index (χ0) is 20.0. The Bertz CT molecular complexity index is 840. The molecule has 1 amide bonds. The molecule has 0 fully saturated rings. The number of methoxy groups -OCH3 is 1. The summed E-state index contributed by atoms with van der Waals surface area (Å²) in [6.45, 7) is 8.32. The molecule has 0 unspecified atom stereocenters. The maximum atomic E-state index is 12.3. The molecule has 27 heavy (non-hydrogen) atoms. The van der Waals surface area contributed by atoms with Gasteiger partial charge in [-0.1, -0.05) is 18.5 Å². The van der Waals surface area contributed by atoms with Crippen molar-refractivity contribution < 1.29 is 14.3 Å². The zero-order valence-corrected chi connectivity index (χ0v) is 17.1. The Balaban J connectivity index is 2.18. The molecule has 0 aliphatic carbocycles. The van der Waals surface area contributed by atoms with Gasteiger partial charge in [-0.25, -0.2) is 0 Å². The molecule has 0 saturated carbocycles. The average molecular weight is 389 g/mol. The van der Waals surface area contributed by atoms with Crippen molar-refractivity contribution >= 4 is 29.3 Å². The Hall–Kier alpha value is -2.53. The molecule has 1 aromatic carbocycles. The Labute approximate surface area is 165 Å². The number of rotatable bonds is 7. The molecule has 1 N–H and O–H groups in total. The SMILES string of the molecule is CCCOc1c(Cl)cc(/C=C/C(=O)Nc2c(C)cc(C)nc2C)cc1OC. The second-order valence-corrected chi connectivity index (χ2v) is 6.65. The van der Waals surface area contributed by atoms with Crippen molar-refractivity contribution in [3.8, 4) is 11.5 Å². The van der Waals surface area contributed by atoms with E-state index in [-0.39, 0.29) is 5.91 Å². The Morgan fingerprint density at radius 1 is 1.26 bits per heavy atom. The van der Waals surface area contributed by atoms with Gasteiger partial charge in [0.2, 0.25) is 5.91 Å². The second-order valence-electron chi connectivity index (χ2n) is 6.25. The Kier molecular flexibility index (Phi) is 7.25. The van der Waals surface area contributed by atoms with Gasteiger partial charge in [-0.3, -0.25) is 9.78 Å². The minimum Gasteiger partial charge on any atom is -0.493 e. The van der Waals surface area contributed by atoms with Crippen molar-refractivity contribution in [1.82, 2.24) is 4.98 Å². The van der Waals surface area contributed by atoms with E-state index in [9.17, 15) is 4.79 Å². The van der Waals surface area contributed by atoms with Gasteiger partial charge in [0.05, 0.1) is 30.1 Å². The average Bonchev–Trinajstić information content (AvgIpc) is 2.61. The molecule has 144 valence electrons. The minimum absolute atomic E-state index is 0.242. The van der Waals surface area contributed by atoms with Crippen molar-refractivity contribution in [1.29, 1.82) is 0 Å². The molecular formula is C21H25ClN2O3. The van der Waals surface area contributed by atoms with E-state index >= 15 is 0 Å². The van der Waals surface area contributed by atoms with E-state index < -0.39 is 0 Å². The molecule has 2 rings (SSSR count). The number of hydrogen-bond acceptors (Lipinski definition) is 4. The number of hydrogen-bond donors (Lipinski definition) is 1. The summed E-state index contributed by atoms with van der Waals surface area (Å²) >= 11 is 6.30. The van der Waals surface area contributed by atoms with Crippen molar-refractivity contribution in [3.63, 3.8) is 0 Å².